The van der Waals surface area contributed by atoms with E-state index >= 15 is 0 Å². The van der Waals surface area contributed by atoms with E-state index in [1.165, 1.54) is 6.07 Å². The molecule has 0 fully saturated rings. The highest BCUT2D eigenvalue weighted by molar-refractivity contribution is 7.11. The lowest BCUT2D eigenvalue weighted by atomic mass is 10.4. The topological polar surface area (TPSA) is 55.1 Å². The molecule has 0 atom stereocenters. The molecule has 2 rings (SSSR count). The fourth-order valence-electron chi connectivity index (χ4n) is 1.43. The predicted molar refractivity (Wildman–Crippen MR) is 62.4 cm³/mol. The number of halogens is 1. The van der Waals surface area contributed by atoms with E-state index in [2.05, 4.69) is 4.98 Å². The molecule has 6 heteroatoms. The van der Waals surface area contributed by atoms with E-state index in [0.717, 1.165) is 9.88 Å². The molecule has 4 nitrogen and oxygen atoms in total. The Morgan fingerprint density at radius 2 is 2.44 bits per heavy atom. The molecule has 0 amide bonds. The smallest absolute Gasteiger partial charge is 0.352 e. The van der Waals surface area contributed by atoms with Crippen molar-refractivity contribution < 1.29 is 9.90 Å². The van der Waals surface area contributed by atoms with Gasteiger partial charge < -0.3 is 9.67 Å². The molecule has 0 aliphatic rings. The third-order valence-electron chi connectivity index (χ3n) is 2.08. The molecule has 0 bridgehead atoms. The molecule has 16 heavy (non-hydrogen) atoms. The average Bonchev–Trinajstić information content (AvgIpc) is 2.74. The zero-order chi connectivity index (χ0) is 11.7. The number of carbonyl (C=O) groups is 1. The van der Waals surface area contributed by atoms with Gasteiger partial charge in [0.1, 0.15) is 5.69 Å². The van der Waals surface area contributed by atoms with Crippen molar-refractivity contribution in [3.05, 3.63) is 39.1 Å². The monoisotopic (exact) mass is 256 g/mol. The molecule has 0 aromatic carbocycles. The maximum absolute atomic E-state index is 10.9. The van der Waals surface area contributed by atoms with Gasteiger partial charge in [-0.05, 0) is 13.0 Å². The first kappa shape index (κ1) is 11.2. The fraction of sp³-hybridized carbons (Fsp3) is 0.200. The molecule has 2 aromatic rings. The molecule has 0 spiro atoms. The van der Waals surface area contributed by atoms with Gasteiger partial charge in [0.2, 0.25) is 0 Å². The van der Waals surface area contributed by atoms with Crippen LogP contribution >= 0.6 is 22.9 Å². The number of aromatic nitrogens is 2. The second-order valence-corrected chi connectivity index (χ2v) is 5.08. The van der Waals surface area contributed by atoms with Crippen molar-refractivity contribution >= 4 is 28.9 Å². The number of nitrogens with zero attached hydrogens (tertiary/aromatic N) is 2. The lowest BCUT2D eigenvalue weighted by Gasteiger charge is -2.02. The Kier molecular flexibility index (Phi) is 2.98. The first-order chi connectivity index (χ1) is 7.56. The SMILES string of the molecule is Cc1ncc(Cn2cc(Cl)cc2C(=O)O)s1. The standard InChI is InChI=1S/C10H9ClN2O2S/c1-6-12-3-8(16-6)5-13-4-7(11)2-9(13)10(14)15/h2-4H,5H2,1H3,(H,14,15). The molecule has 84 valence electrons. The van der Waals surface area contributed by atoms with Crippen molar-refractivity contribution in [2.24, 2.45) is 0 Å². The van der Waals surface area contributed by atoms with Crippen molar-refractivity contribution in [3.63, 3.8) is 0 Å². The van der Waals surface area contributed by atoms with Gasteiger partial charge in [0, 0.05) is 17.3 Å². The molecule has 0 aliphatic heterocycles. The van der Waals surface area contributed by atoms with Crippen LogP contribution < -0.4 is 0 Å². The third-order valence-corrected chi connectivity index (χ3v) is 3.18. The molecule has 0 aliphatic carbocycles. The average molecular weight is 257 g/mol. The molecule has 1 N–H and O–H groups in total. The Hall–Kier alpha value is -1.33. The van der Waals surface area contributed by atoms with Gasteiger partial charge in [-0.2, -0.15) is 0 Å². The summed E-state index contributed by atoms with van der Waals surface area (Å²) in [6.07, 6.45) is 3.36. The van der Waals surface area contributed by atoms with Crippen LogP contribution in [-0.2, 0) is 6.54 Å². The molecule has 2 heterocycles. The summed E-state index contributed by atoms with van der Waals surface area (Å²) >= 11 is 7.33. The number of rotatable bonds is 3. The summed E-state index contributed by atoms with van der Waals surface area (Å²) < 4.78 is 1.61. The predicted octanol–water partition coefficient (Wildman–Crippen LogP) is 2.65. The number of hydrogen-bond acceptors (Lipinski definition) is 3. The molecule has 0 saturated heterocycles. The number of carboxylic acids is 1. The summed E-state index contributed by atoms with van der Waals surface area (Å²) in [4.78, 5) is 16.1. The van der Waals surface area contributed by atoms with Crippen LogP contribution in [0, 0.1) is 6.92 Å². The van der Waals surface area contributed by atoms with Gasteiger partial charge in [0.05, 0.1) is 16.6 Å². The lowest BCUT2D eigenvalue weighted by Crippen LogP contribution is -2.07. The zero-order valence-corrected chi connectivity index (χ0v) is 10.0. The van der Waals surface area contributed by atoms with Crippen molar-refractivity contribution in [2.45, 2.75) is 13.5 Å². The van der Waals surface area contributed by atoms with E-state index in [0.29, 0.717) is 11.6 Å². The van der Waals surface area contributed by atoms with Crippen LogP contribution in [0.25, 0.3) is 0 Å². The summed E-state index contributed by atoms with van der Waals surface area (Å²) in [6.45, 7) is 2.40. The summed E-state index contributed by atoms with van der Waals surface area (Å²) in [7, 11) is 0. The van der Waals surface area contributed by atoms with Crippen molar-refractivity contribution in [3.8, 4) is 0 Å². The number of aromatic carboxylic acids is 1. The summed E-state index contributed by atoms with van der Waals surface area (Å²) in [5.41, 5.74) is 0.191. The number of thiazole rings is 1. The van der Waals surface area contributed by atoms with Gasteiger partial charge in [0.25, 0.3) is 0 Å². The molecule has 0 radical (unpaired) electrons. The quantitative estimate of drug-likeness (QED) is 0.919. The normalized spacial score (nSPS) is 10.6. The highest BCUT2D eigenvalue weighted by Crippen LogP contribution is 2.18. The second-order valence-electron chi connectivity index (χ2n) is 3.32. The number of aryl methyl sites for hydroxylation is 1. The number of carboxylic acid groups (broad SMARTS) is 1. The van der Waals surface area contributed by atoms with Crippen LogP contribution in [0.2, 0.25) is 5.02 Å². The van der Waals surface area contributed by atoms with E-state index in [-0.39, 0.29) is 5.69 Å². The van der Waals surface area contributed by atoms with E-state index in [1.807, 2.05) is 6.92 Å². The van der Waals surface area contributed by atoms with E-state index in [9.17, 15) is 4.79 Å². The molecule has 2 aromatic heterocycles. The van der Waals surface area contributed by atoms with Crippen molar-refractivity contribution in [1.82, 2.24) is 9.55 Å². The van der Waals surface area contributed by atoms with Crippen LogP contribution in [0.15, 0.2) is 18.5 Å². The van der Waals surface area contributed by atoms with Gasteiger partial charge in [-0.25, -0.2) is 9.78 Å². The van der Waals surface area contributed by atoms with Crippen LogP contribution in [0.1, 0.15) is 20.4 Å². The third kappa shape index (κ3) is 2.25. The minimum atomic E-state index is -0.979. The molecule has 0 unspecified atom stereocenters. The van der Waals surface area contributed by atoms with Crippen molar-refractivity contribution in [1.29, 1.82) is 0 Å². The first-order valence-electron chi connectivity index (χ1n) is 4.56. The Morgan fingerprint density at radius 1 is 1.69 bits per heavy atom. The first-order valence-corrected chi connectivity index (χ1v) is 5.76. The number of hydrogen-bond donors (Lipinski definition) is 1. The van der Waals surface area contributed by atoms with E-state index < -0.39 is 5.97 Å². The molecule has 0 saturated carbocycles. The van der Waals surface area contributed by atoms with Gasteiger partial charge in [-0.15, -0.1) is 11.3 Å². The second kappa shape index (κ2) is 4.27. The van der Waals surface area contributed by atoms with E-state index in [4.69, 9.17) is 16.7 Å². The summed E-state index contributed by atoms with van der Waals surface area (Å²) in [6, 6.07) is 1.44. The molecular weight excluding hydrogens is 248 g/mol. The minimum Gasteiger partial charge on any atom is -0.477 e. The van der Waals surface area contributed by atoms with Crippen LogP contribution in [0.4, 0.5) is 0 Å². The van der Waals surface area contributed by atoms with E-state index in [1.54, 1.807) is 28.3 Å². The summed E-state index contributed by atoms with van der Waals surface area (Å²) in [5, 5.41) is 10.4. The van der Waals surface area contributed by atoms with Crippen LogP contribution in [0.3, 0.4) is 0 Å². The van der Waals surface area contributed by atoms with Crippen molar-refractivity contribution in [2.75, 3.05) is 0 Å². The maximum atomic E-state index is 10.9. The largest absolute Gasteiger partial charge is 0.477 e. The molecular formula is C10H9ClN2O2S. The zero-order valence-electron chi connectivity index (χ0n) is 8.48. The highest BCUT2D eigenvalue weighted by atomic mass is 35.5. The van der Waals surface area contributed by atoms with Crippen LogP contribution in [0.5, 0.6) is 0 Å². The lowest BCUT2D eigenvalue weighted by molar-refractivity contribution is 0.0686. The Labute approximate surface area is 101 Å². The van der Waals surface area contributed by atoms with Gasteiger partial charge >= 0.3 is 5.97 Å². The minimum absolute atomic E-state index is 0.191. The van der Waals surface area contributed by atoms with Crippen LogP contribution in [-0.4, -0.2) is 20.6 Å². The van der Waals surface area contributed by atoms with Gasteiger partial charge in [0.15, 0.2) is 0 Å². The highest BCUT2D eigenvalue weighted by Gasteiger charge is 2.12. The van der Waals surface area contributed by atoms with Gasteiger partial charge in [-0.3, -0.25) is 0 Å². The fourth-order valence-corrected chi connectivity index (χ4v) is 2.45. The summed E-state index contributed by atoms with van der Waals surface area (Å²) in [5.74, 6) is -0.979. The van der Waals surface area contributed by atoms with Gasteiger partial charge in [-0.1, -0.05) is 11.6 Å². The Bertz CT molecular complexity index is 533. The Morgan fingerprint density at radius 3 is 3.00 bits per heavy atom. The maximum Gasteiger partial charge on any atom is 0.352 e. The Balaban J connectivity index is 2.30.